The van der Waals surface area contributed by atoms with Gasteiger partial charge in [-0.2, -0.15) is 0 Å². The number of methoxy groups -OCH3 is 1. The van der Waals surface area contributed by atoms with Gasteiger partial charge in [0.1, 0.15) is 12.6 Å². The van der Waals surface area contributed by atoms with Crippen molar-refractivity contribution < 1.29 is 56.3 Å². The number of benzene rings is 1. The number of alkyl carbamates (subject to hydrolysis) is 1. The lowest BCUT2D eigenvalue weighted by Gasteiger charge is -2.39. The summed E-state index contributed by atoms with van der Waals surface area (Å²) >= 11 is 0.851. The highest BCUT2D eigenvalue weighted by molar-refractivity contribution is 8.13. The molecule has 0 unspecified atom stereocenters. The van der Waals surface area contributed by atoms with Gasteiger partial charge in [0.25, 0.3) is 0 Å². The fourth-order valence-corrected chi connectivity index (χ4v) is 5.76. The topological polar surface area (TPSA) is 182 Å². The number of carbonyl (C=O) groups is 5. The number of carbonyl (C=O) groups excluding carboxylic acids is 5. The molecule has 0 saturated carbocycles. The van der Waals surface area contributed by atoms with E-state index in [4.69, 9.17) is 23.0 Å². The Balaban J connectivity index is 1.95. The standard InChI is InChI=1S/C27H39N2O12PS/c1-26(2,3)24(33)43-15-19(23(32)37-14-18-10-8-7-9-11-18)29-25(34)38-17-40-42(35)39-16-27(4,5)21(41-42)22(31)28-13-12-20(30)36-6/h7-11,19,21H,12-17H2,1-6H3,(H,28,31)(H,29,34)/t19-,21-,42-/m0/s1. The molecule has 240 valence electrons. The molecular formula is C27H39N2O12PS. The molecule has 1 aromatic carbocycles. The first kappa shape index (κ1) is 36.2. The minimum Gasteiger partial charge on any atom is -0.469 e. The van der Waals surface area contributed by atoms with Gasteiger partial charge in [-0.15, -0.1) is 0 Å². The number of esters is 2. The van der Waals surface area contributed by atoms with Crippen LogP contribution in [0.4, 0.5) is 4.79 Å². The second-order valence-electron chi connectivity index (χ2n) is 11.1. The largest absolute Gasteiger partial charge is 0.478 e. The van der Waals surface area contributed by atoms with Crippen molar-refractivity contribution in [1.29, 1.82) is 0 Å². The van der Waals surface area contributed by atoms with Gasteiger partial charge in [-0.25, -0.2) is 18.7 Å². The highest BCUT2D eigenvalue weighted by Crippen LogP contribution is 2.57. The highest BCUT2D eigenvalue weighted by Gasteiger charge is 2.49. The van der Waals surface area contributed by atoms with Crippen LogP contribution in [0, 0.1) is 10.8 Å². The molecule has 3 atom stereocenters. The van der Waals surface area contributed by atoms with E-state index in [1.54, 1.807) is 58.9 Å². The first-order valence-electron chi connectivity index (χ1n) is 13.3. The summed E-state index contributed by atoms with van der Waals surface area (Å²) in [4.78, 5) is 61.7. The van der Waals surface area contributed by atoms with Crippen LogP contribution in [0.3, 0.4) is 0 Å². The Morgan fingerprint density at radius 2 is 1.79 bits per heavy atom. The smallest absolute Gasteiger partial charge is 0.469 e. The SMILES string of the molecule is COC(=O)CCNC(=O)[C@@H]1O[P@](=O)(OCOC(=O)N[C@@H](CSC(=O)C(C)(C)C)C(=O)OCc2ccccc2)OCC1(C)C. The molecule has 0 bridgehead atoms. The molecule has 2 rings (SSSR count). The maximum absolute atomic E-state index is 13.0. The van der Waals surface area contributed by atoms with Crippen LogP contribution in [0.25, 0.3) is 0 Å². The number of amides is 2. The van der Waals surface area contributed by atoms with E-state index in [9.17, 15) is 28.5 Å². The molecule has 0 spiro atoms. The van der Waals surface area contributed by atoms with E-state index in [1.807, 2.05) is 6.07 Å². The lowest BCUT2D eigenvalue weighted by molar-refractivity contribution is -0.146. The van der Waals surface area contributed by atoms with Crippen LogP contribution in [-0.4, -0.2) is 74.0 Å². The van der Waals surface area contributed by atoms with Crippen molar-refractivity contribution in [3.63, 3.8) is 0 Å². The van der Waals surface area contributed by atoms with E-state index in [0.717, 1.165) is 17.3 Å². The summed E-state index contributed by atoms with van der Waals surface area (Å²) in [6.07, 6.45) is -2.49. The van der Waals surface area contributed by atoms with E-state index in [0.29, 0.717) is 0 Å². The highest BCUT2D eigenvalue weighted by atomic mass is 32.2. The maximum Gasteiger partial charge on any atom is 0.478 e. The second-order valence-corrected chi connectivity index (χ2v) is 13.7. The van der Waals surface area contributed by atoms with Crippen molar-refractivity contribution in [2.45, 2.75) is 59.8 Å². The van der Waals surface area contributed by atoms with E-state index in [2.05, 4.69) is 15.4 Å². The van der Waals surface area contributed by atoms with Gasteiger partial charge in [-0.3, -0.25) is 23.4 Å². The molecule has 1 heterocycles. The minimum atomic E-state index is -4.36. The van der Waals surface area contributed by atoms with Gasteiger partial charge in [-0.05, 0) is 5.56 Å². The summed E-state index contributed by atoms with van der Waals surface area (Å²) in [6.45, 7) is 7.25. The Kier molecular flexibility index (Phi) is 13.6. The van der Waals surface area contributed by atoms with Gasteiger partial charge in [0.15, 0.2) is 11.2 Å². The normalized spacial score (nSPS) is 20.3. The quantitative estimate of drug-likeness (QED) is 0.138. The number of hydrogen-bond donors (Lipinski definition) is 2. The third kappa shape index (κ3) is 12.3. The summed E-state index contributed by atoms with van der Waals surface area (Å²) < 4.78 is 43.4. The number of hydrogen-bond acceptors (Lipinski definition) is 13. The molecule has 1 fully saturated rings. The summed E-state index contributed by atoms with van der Waals surface area (Å²) in [5, 5.41) is 4.63. The summed E-state index contributed by atoms with van der Waals surface area (Å²) in [5.41, 5.74) is -0.880. The molecule has 16 heteroatoms. The average molecular weight is 647 g/mol. The van der Waals surface area contributed by atoms with Crippen molar-refractivity contribution in [1.82, 2.24) is 10.6 Å². The van der Waals surface area contributed by atoms with Gasteiger partial charge < -0.3 is 24.8 Å². The number of thioether (sulfide) groups is 1. The monoisotopic (exact) mass is 646 g/mol. The van der Waals surface area contributed by atoms with Crippen LogP contribution in [0.2, 0.25) is 0 Å². The minimum absolute atomic E-state index is 0.0364. The predicted octanol–water partition coefficient (Wildman–Crippen LogP) is 3.33. The Bertz CT molecular complexity index is 1190. The van der Waals surface area contributed by atoms with Crippen molar-refractivity contribution in [3.8, 4) is 0 Å². The summed E-state index contributed by atoms with van der Waals surface area (Å²) in [6, 6.07) is 7.62. The lowest BCUT2D eigenvalue weighted by atomic mass is 9.87. The van der Waals surface area contributed by atoms with Crippen LogP contribution in [0.1, 0.15) is 46.6 Å². The van der Waals surface area contributed by atoms with Crippen LogP contribution in [0.15, 0.2) is 30.3 Å². The van der Waals surface area contributed by atoms with Crippen molar-refractivity contribution in [3.05, 3.63) is 35.9 Å². The fourth-order valence-electron chi connectivity index (χ4n) is 3.28. The van der Waals surface area contributed by atoms with E-state index in [1.165, 1.54) is 7.11 Å². The van der Waals surface area contributed by atoms with Crippen LogP contribution < -0.4 is 10.6 Å². The van der Waals surface area contributed by atoms with Crippen molar-refractivity contribution in [2.75, 3.05) is 32.8 Å². The van der Waals surface area contributed by atoms with Crippen molar-refractivity contribution in [2.24, 2.45) is 10.8 Å². The molecule has 1 aliphatic heterocycles. The molecule has 0 radical (unpaired) electrons. The van der Waals surface area contributed by atoms with Gasteiger partial charge in [0.05, 0.1) is 20.1 Å². The third-order valence-corrected chi connectivity index (χ3v) is 8.54. The Labute approximate surface area is 254 Å². The molecule has 0 aromatic heterocycles. The Morgan fingerprint density at radius 1 is 1.12 bits per heavy atom. The molecule has 1 aromatic rings. The van der Waals surface area contributed by atoms with Gasteiger partial charge in [0.2, 0.25) is 12.7 Å². The van der Waals surface area contributed by atoms with Crippen LogP contribution >= 0.6 is 19.6 Å². The lowest BCUT2D eigenvalue weighted by Crippen LogP contribution is -2.50. The number of ether oxygens (including phenoxy) is 3. The molecule has 2 N–H and O–H groups in total. The maximum atomic E-state index is 13.0. The second kappa shape index (κ2) is 16.2. The zero-order valence-corrected chi connectivity index (χ0v) is 26.7. The fraction of sp³-hybridized carbons (Fsp3) is 0.593. The third-order valence-electron chi connectivity index (χ3n) is 5.83. The molecule has 14 nitrogen and oxygen atoms in total. The summed E-state index contributed by atoms with van der Waals surface area (Å²) in [5.74, 6) is -2.11. The number of nitrogens with one attached hydrogen (secondary N) is 2. The van der Waals surface area contributed by atoms with Crippen LogP contribution in [0.5, 0.6) is 0 Å². The van der Waals surface area contributed by atoms with Gasteiger partial charge >= 0.3 is 25.9 Å². The number of rotatable bonds is 13. The first-order chi connectivity index (χ1) is 20.1. The van der Waals surface area contributed by atoms with Gasteiger partial charge in [0, 0.05) is 23.1 Å². The van der Waals surface area contributed by atoms with E-state index >= 15 is 0 Å². The first-order valence-corrected chi connectivity index (χ1v) is 15.7. The molecular weight excluding hydrogens is 607 g/mol. The van der Waals surface area contributed by atoms with E-state index < -0.39 is 61.5 Å². The molecule has 2 amide bonds. The molecule has 1 saturated heterocycles. The average Bonchev–Trinajstić information content (AvgIpc) is 2.95. The van der Waals surface area contributed by atoms with Gasteiger partial charge in [-0.1, -0.05) is 76.7 Å². The Morgan fingerprint density at radius 3 is 2.42 bits per heavy atom. The molecule has 0 aliphatic carbocycles. The Hall–Kier alpha value is -2.97. The molecule has 43 heavy (non-hydrogen) atoms. The zero-order valence-electron chi connectivity index (χ0n) is 25.0. The number of phosphoric ester groups is 1. The molecule has 1 aliphatic rings. The zero-order chi connectivity index (χ0) is 32.3. The number of phosphoric acid groups is 1. The summed E-state index contributed by atoms with van der Waals surface area (Å²) in [7, 11) is -3.14. The van der Waals surface area contributed by atoms with Crippen LogP contribution in [-0.2, 0) is 58.1 Å². The van der Waals surface area contributed by atoms with Crippen molar-refractivity contribution >= 4 is 48.6 Å². The van der Waals surface area contributed by atoms with E-state index in [-0.39, 0.29) is 37.0 Å². The predicted molar refractivity (Wildman–Crippen MR) is 154 cm³/mol.